The largest absolute Gasteiger partial charge is 0.312 e. The van der Waals surface area contributed by atoms with Crippen molar-refractivity contribution in [3.63, 3.8) is 0 Å². The molecule has 0 saturated heterocycles. The van der Waals surface area contributed by atoms with Crippen molar-refractivity contribution in [2.45, 2.75) is 39.2 Å². The molecule has 0 amide bonds. The number of aromatic nitrogens is 2. The van der Waals surface area contributed by atoms with E-state index >= 15 is 0 Å². The lowest BCUT2D eigenvalue weighted by molar-refractivity contribution is 0.422. The third-order valence-corrected chi connectivity index (χ3v) is 5.04. The number of nitrogens with zero attached hydrogens (tertiary/aromatic N) is 2. The van der Waals surface area contributed by atoms with Crippen molar-refractivity contribution in [2.24, 2.45) is 0 Å². The quantitative estimate of drug-likeness (QED) is 0.542. The Labute approximate surface area is 148 Å². The van der Waals surface area contributed by atoms with Crippen LogP contribution in [0.3, 0.4) is 0 Å². The molecule has 1 N–H and O–H groups in total. The van der Waals surface area contributed by atoms with Crippen LogP contribution in [-0.4, -0.2) is 22.3 Å². The number of rotatable bonds is 5. The van der Waals surface area contributed by atoms with Gasteiger partial charge in [-0.2, -0.15) is 0 Å². The number of aryl methyl sites for hydroxylation is 1. The molecule has 0 unspecified atom stereocenters. The van der Waals surface area contributed by atoms with Crippen molar-refractivity contribution in [1.82, 2.24) is 15.5 Å². The predicted molar refractivity (Wildman–Crippen MR) is 99.1 cm³/mol. The minimum atomic E-state index is 0.170. The Hall–Kier alpha value is -0.240. The number of benzene rings is 1. The second-order valence-electron chi connectivity index (χ2n) is 5.91. The molecule has 2 rings (SSSR count). The summed E-state index contributed by atoms with van der Waals surface area (Å²) in [6.45, 7) is 7.53. The van der Waals surface area contributed by atoms with Crippen molar-refractivity contribution < 1.29 is 0 Å². The Bertz CT molecular complexity index is 607. The molecule has 0 aliphatic rings. The number of halogens is 2. The summed E-state index contributed by atoms with van der Waals surface area (Å²) in [4.78, 5) is 0. The average Bonchev–Trinajstić information content (AvgIpc) is 2.85. The van der Waals surface area contributed by atoms with Gasteiger partial charge in [0.05, 0.1) is 0 Å². The normalized spacial score (nSPS) is 11.9. The van der Waals surface area contributed by atoms with E-state index in [-0.39, 0.29) is 5.54 Å². The first-order valence-corrected chi connectivity index (χ1v) is 9.15. The average molecular weight is 436 g/mol. The summed E-state index contributed by atoms with van der Waals surface area (Å²) < 4.78 is 1.15. The highest BCUT2D eigenvalue weighted by molar-refractivity contribution is 14.1. The third-order valence-electron chi connectivity index (χ3n) is 2.85. The van der Waals surface area contributed by atoms with Crippen LogP contribution in [0.2, 0.25) is 5.02 Å². The molecule has 0 aliphatic carbocycles. The van der Waals surface area contributed by atoms with Gasteiger partial charge < -0.3 is 5.32 Å². The fraction of sp³-hybridized carbons (Fsp3) is 0.467. The van der Waals surface area contributed by atoms with Gasteiger partial charge in [0, 0.05) is 26.1 Å². The second-order valence-corrected chi connectivity index (χ2v) is 8.57. The summed E-state index contributed by atoms with van der Waals surface area (Å²) in [7, 11) is 0. The van der Waals surface area contributed by atoms with E-state index < -0.39 is 0 Å². The van der Waals surface area contributed by atoms with Crippen molar-refractivity contribution in [3.05, 3.63) is 31.8 Å². The van der Waals surface area contributed by atoms with Crippen molar-refractivity contribution in [3.8, 4) is 10.6 Å². The molecule has 0 radical (unpaired) electrons. The first kappa shape index (κ1) is 17.1. The molecular weight excluding hydrogens is 417 g/mol. The number of hydrogen-bond acceptors (Lipinski definition) is 4. The number of hydrogen-bond donors (Lipinski definition) is 1. The molecule has 1 aromatic heterocycles. The zero-order valence-electron chi connectivity index (χ0n) is 12.4. The number of nitrogens with one attached hydrogen (secondary N) is 1. The van der Waals surface area contributed by atoms with Crippen molar-refractivity contribution in [2.75, 3.05) is 6.54 Å². The Kier molecular flexibility index (Phi) is 5.99. The van der Waals surface area contributed by atoms with E-state index in [2.05, 4.69) is 58.9 Å². The monoisotopic (exact) mass is 435 g/mol. The van der Waals surface area contributed by atoms with Crippen LogP contribution in [0.4, 0.5) is 0 Å². The van der Waals surface area contributed by atoms with Gasteiger partial charge in [-0.1, -0.05) is 22.9 Å². The highest BCUT2D eigenvalue weighted by atomic mass is 127. The minimum Gasteiger partial charge on any atom is -0.312 e. The zero-order chi connectivity index (χ0) is 15.5. The maximum Gasteiger partial charge on any atom is 0.148 e. The molecule has 114 valence electrons. The lowest BCUT2D eigenvalue weighted by Gasteiger charge is -2.20. The van der Waals surface area contributed by atoms with Crippen molar-refractivity contribution in [1.29, 1.82) is 0 Å². The summed E-state index contributed by atoms with van der Waals surface area (Å²) >= 11 is 10.0. The van der Waals surface area contributed by atoms with Gasteiger partial charge in [-0.15, -0.1) is 10.2 Å². The predicted octanol–water partition coefficient (Wildman–Crippen LogP) is 4.78. The molecular formula is C15H19ClIN3S. The molecule has 21 heavy (non-hydrogen) atoms. The van der Waals surface area contributed by atoms with E-state index in [1.54, 1.807) is 11.3 Å². The highest BCUT2D eigenvalue weighted by Gasteiger charge is 2.11. The van der Waals surface area contributed by atoms with Gasteiger partial charge in [-0.3, -0.25) is 0 Å². The van der Waals surface area contributed by atoms with Crippen LogP contribution in [-0.2, 0) is 6.42 Å². The standard InChI is InChI=1S/C15H19ClIN3S/c1-15(2,3)18-8-4-5-13-19-20-14(21-13)11-9-10(16)6-7-12(11)17/h6-7,9,18H,4-5,8H2,1-3H3. The van der Waals surface area contributed by atoms with Gasteiger partial charge >= 0.3 is 0 Å². The van der Waals surface area contributed by atoms with E-state index in [1.165, 1.54) is 0 Å². The third kappa shape index (κ3) is 5.47. The Morgan fingerprint density at radius 3 is 2.76 bits per heavy atom. The highest BCUT2D eigenvalue weighted by Crippen LogP contribution is 2.30. The maximum atomic E-state index is 6.06. The summed E-state index contributed by atoms with van der Waals surface area (Å²) in [6.07, 6.45) is 2.02. The summed E-state index contributed by atoms with van der Waals surface area (Å²) in [5, 5.41) is 14.8. The molecule has 2 aromatic rings. The van der Waals surface area contributed by atoms with Gasteiger partial charge in [0.15, 0.2) is 0 Å². The fourth-order valence-corrected chi connectivity index (χ4v) is 3.69. The van der Waals surface area contributed by atoms with Gasteiger partial charge in [-0.25, -0.2) is 0 Å². The summed E-state index contributed by atoms with van der Waals surface area (Å²) in [6, 6.07) is 5.86. The zero-order valence-corrected chi connectivity index (χ0v) is 16.1. The van der Waals surface area contributed by atoms with E-state index in [1.807, 2.05) is 18.2 Å². The van der Waals surface area contributed by atoms with Gasteiger partial charge in [-0.05, 0) is 74.5 Å². The molecule has 6 heteroatoms. The molecule has 0 bridgehead atoms. The Morgan fingerprint density at radius 1 is 1.29 bits per heavy atom. The van der Waals surface area contributed by atoms with Crippen LogP contribution < -0.4 is 5.32 Å². The lowest BCUT2D eigenvalue weighted by Crippen LogP contribution is -2.36. The Morgan fingerprint density at radius 2 is 2.05 bits per heavy atom. The van der Waals surface area contributed by atoms with E-state index in [9.17, 15) is 0 Å². The SMILES string of the molecule is CC(C)(C)NCCCc1nnc(-c2cc(Cl)ccc2I)s1. The first-order valence-electron chi connectivity index (χ1n) is 6.88. The lowest BCUT2D eigenvalue weighted by atomic mass is 10.1. The molecule has 3 nitrogen and oxygen atoms in total. The molecule has 0 atom stereocenters. The fourth-order valence-electron chi connectivity index (χ4n) is 1.83. The second kappa shape index (κ2) is 7.35. The molecule has 1 aromatic carbocycles. The molecule has 0 saturated carbocycles. The van der Waals surface area contributed by atoms with Crippen LogP contribution in [0, 0.1) is 3.57 Å². The minimum absolute atomic E-state index is 0.170. The van der Waals surface area contributed by atoms with E-state index in [0.717, 1.165) is 43.6 Å². The Balaban J connectivity index is 1.97. The molecule has 0 fully saturated rings. The van der Waals surface area contributed by atoms with Gasteiger partial charge in [0.1, 0.15) is 10.0 Å². The van der Waals surface area contributed by atoms with E-state index in [4.69, 9.17) is 11.6 Å². The van der Waals surface area contributed by atoms with Crippen LogP contribution in [0.5, 0.6) is 0 Å². The van der Waals surface area contributed by atoms with Gasteiger partial charge in [0.25, 0.3) is 0 Å². The molecule has 0 aliphatic heterocycles. The van der Waals surface area contributed by atoms with Crippen molar-refractivity contribution >= 4 is 45.5 Å². The first-order chi connectivity index (χ1) is 9.85. The molecule has 1 heterocycles. The van der Waals surface area contributed by atoms with Crippen LogP contribution in [0.1, 0.15) is 32.2 Å². The van der Waals surface area contributed by atoms with E-state index in [0.29, 0.717) is 0 Å². The van der Waals surface area contributed by atoms with Crippen LogP contribution >= 0.6 is 45.5 Å². The maximum absolute atomic E-state index is 6.06. The van der Waals surface area contributed by atoms with Gasteiger partial charge in [0.2, 0.25) is 0 Å². The molecule has 0 spiro atoms. The topological polar surface area (TPSA) is 37.8 Å². The summed E-state index contributed by atoms with van der Waals surface area (Å²) in [5.74, 6) is 0. The van der Waals surface area contributed by atoms with Crippen LogP contribution in [0.25, 0.3) is 10.6 Å². The summed E-state index contributed by atoms with van der Waals surface area (Å²) in [5.41, 5.74) is 1.24. The smallest absolute Gasteiger partial charge is 0.148 e. The van der Waals surface area contributed by atoms with Crippen LogP contribution in [0.15, 0.2) is 18.2 Å².